The van der Waals surface area contributed by atoms with Crippen LogP contribution in [0.15, 0.2) is 16.6 Å². The third-order valence-electron chi connectivity index (χ3n) is 1.87. The number of ketones is 1. The van der Waals surface area contributed by atoms with Gasteiger partial charge in [-0.1, -0.05) is 0 Å². The van der Waals surface area contributed by atoms with E-state index < -0.39 is 5.66 Å². The van der Waals surface area contributed by atoms with Crippen molar-refractivity contribution in [3.8, 4) is 0 Å². The summed E-state index contributed by atoms with van der Waals surface area (Å²) in [6, 6.07) is 0. The van der Waals surface area contributed by atoms with Crippen LogP contribution >= 0.6 is 0 Å². The maximum atomic E-state index is 10.8. The van der Waals surface area contributed by atoms with Gasteiger partial charge in [0.15, 0.2) is 5.78 Å². The van der Waals surface area contributed by atoms with E-state index in [0.717, 1.165) is 5.57 Å². The van der Waals surface area contributed by atoms with E-state index in [-0.39, 0.29) is 5.78 Å². The molecular weight excluding hydrogens is 140 g/mol. The lowest BCUT2D eigenvalue weighted by atomic mass is 10.1. The average molecular weight is 152 g/mol. The summed E-state index contributed by atoms with van der Waals surface area (Å²) in [5, 5.41) is 0. The number of aliphatic imine (C=N–C) groups is 1. The summed E-state index contributed by atoms with van der Waals surface area (Å²) in [6.45, 7) is 5.15. The molecule has 11 heavy (non-hydrogen) atoms. The van der Waals surface area contributed by atoms with Crippen LogP contribution in [0.25, 0.3) is 0 Å². The highest BCUT2D eigenvalue weighted by Gasteiger charge is 2.26. The number of carbonyl (C=O) groups is 1. The molecule has 60 valence electrons. The zero-order valence-corrected chi connectivity index (χ0v) is 7.01. The molecule has 0 fully saturated rings. The molecule has 1 atom stereocenters. The summed E-state index contributed by atoms with van der Waals surface area (Å²) in [6.07, 6.45) is 1.74. The molecule has 2 N–H and O–H groups in total. The predicted octanol–water partition coefficient (Wildman–Crippen LogP) is 0.651. The fourth-order valence-electron chi connectivity index (χ4n) is 0.902. The van der Waals surface area contributed by atoms with Crippen molar-refractivity contribution in [3.63, 3.8) is 0 Å². The van der Waals surface area contributed by atoms with Crippen molar-refractivity contribution in [3.05, 3.63) is 11.6 Å². The zero-order valence-electron chi connectivity index (χ0n) is 7.01. The zero-order chi connectivity index (χ0) is 8.65. The molecule has 1 rings (SSSR count). The minimum absolute atomic E-state index is 0.0291. The lowest BCUT2D eigenvalue weighted by molar-refractivity contribution is -0.111. The maximum absolute atomic E-state index is 10.8. The van der Waals surface area contributed by atoms with E-state index >= 15 is 0 Å². The third kappa shape index (κ3) is 1.38. The molecule has 0 aliphatic carbocycles. The minimum Gasteiger partial charge on any atom is -0.304 e. The van der Waals surface area contributed by atoms with Gasteiger partial charge in [0.2, 0.25) is 0 Å². The maximum Gasteiger partial charge on any atom is 0.177 e. The smallest absolute Gasteiger partial charge is 0.177 e. The summed E-state index contributed by atoms with van der Waals surface area (Å²) < 4.78 is 0. The van der Waals surface area contributed by atoms with Gasteiger partial charge in [0, 0.05) is 6.92 Å². The molecule has 0 aromatic heterocycles. The number of allylic oxidation sites excluding steroid dienone is 1. The number of Topliss-reactive ketones (excluding diaryl/α,β-unsaturated/α-hetero) is 1. The Morgan fingerprint density at radius 3 is 2.45 bits per heavy atom. The SMILES string of the molecule is CC(=O)C1=NC(C)(N)C(C)=C1. The lowest BCUT2D eigenvalue weighted by Crippen LogP contribution is -2.33. The number of rotatable bonds is 1. The quantitative estimate of drug-likeness (QED) is 0.599. The van der Waals surface area contributed by atoms with Crippen LogP contribution in [0.5, 0.6) is 0 Å². The molecule has 0 amide bonds. The number of nitrogens with two attached hydrogens (primary N) is 1. The van der Waals surface area contributed by atoms with E-state index in [1.54, 1.807) is 13.0 Å². The predicted molar refractivity (Wildman–Crippen MR) is 44.5 cm³/mol. The third-order valence-corrected chi connectivity index (χ3v) is 1.87. The molecule has 0 aromatic rings. The molecular formula is C8H12N2O. The van der Waals surface area contributed by atoms with Crippen molar-refractivity contribution in [1.29, 1.82) is 0 Å². The molecule has 1 unspecified atom stereocenters. The van der Waals surface area contributed by atoms with E-state index in [2.05, 4.69) is 4.99 Å². The van der Waals surface area contributed by atoms with Gasteiger partial charge in [-0.15, -0.1) is 0 Å². The van der Waals surface area contributed by atoms with Crippen LogP contribution in [0.1, 0.15) is 20.8 Å². The van der Waals surface area contributed by atoms with Crippen molar-refractivity contribution in [1.82, 2.24) is 0 Å². The van der Waals surface area contributed by atoms with Crippen LogP contribution in [0.2, 0.25) is 0 Å². The molecule has 0 bridgehead atoms. The second-order valence-corrected chi connectivity index (χ2v) is 3.03. The monoisotopic (exact) mass is 152 g/mol. The molecule has 1 aliphatic heterocycles. The molecule has 0 radical (unpaired) electrons. The van der Waals surface area contributed by atoms with Gasteiger partial charge in [-0.25, -0.2) is 0 Å². The molecule has 0 spiro atoms. The van der Waals surface area contributed by atoms with Gasteiger partial charge < -0.3 is 5.73 Å². The van der Waals surface area contributed by atoms with Crippen molar-refractivity contribution >= 4 is 11.5 Å². The van der Waals surface area contributed by atoms with Gasteiger partial charge >= 0.3 is 0 Å². The summed E-state index contributed by atoms with van der Waals surface area (Å²) >= 11 is 0. The fourth-order valence-corrected chi connectivity index (χ4v) is 0.902. The van der Waals surface area contributed by atoms with E-state index in [4.69, 9.17) is 5.73 Å². The van der Waals surface area contributed by atoms with Crippen LogP contribution in [-0.4, -0.2) is 17.2 Å². The number of hydrogen-bond donors (Lipinski definition) is 1. The van der Waals surface area contributed by atoms with E-state index in [9.17, 15) is 4.79 Å². The molecule has 1 aliphatic rings. The standard InChI is InChI=1S/C8H12N2O/c1-5-4-7(6(2)11)10-8(5,3)9/h4H,9H2,1-3H3. The van der Waals surface area contributed by atoms with Crippen molar-refractivity contribution in [2.75, 3.05) is 0 Å². The highest BCUT2D eigenvalue weighted by atomic mass is 16.1. The Hall–Kier alpha value is -0.960. The summed E-state index contributed by atoms with van der Waals surface area (Å²) in [7, 11) is 0. The second-order valence-electron chi connectivity index (χ2n) is 3.03. The first-order valence-electron chi connectivity index (χ1n) is 3.52. The molecule has 0 aromatic carbocycles. The van der Waals surface area contributed by atoms with E-state index in [1.807, 2.05) is 6.92 Å². The van der Waals surface area contributed by atoms with Crippen LogP contribution in [0.3, 0.4) is 0 Å². The summed E-state index contributed by atoms with van der Waals surface area (Å²) in [5.74, 6) is -0.0291. The van der Waals surface area contributed by atoms with Crippen molar-refractivity contribution in [2.24, 2.45) is 10.7 Å². The molecule has 3 nitrogen and oxygen atoms in total. The number of carbonyl (C=O) groups excluding carboxylic acids is 1. The Kier molecular flexibility index (Phi) is 1.68. The van der Waals surface area contributed by atoms with Gasteiger partial charge in [-0.2, -0.15) is 0 Å². The normalized spacial score (nSPS) is 29.8. The van der Waals surface area contributed by atoms with Gasteiger partial charge in [0.05, 0.1) is 0 Å². The topological polar surface area (TPSA) is 55.5 Å². The summed E-state index contributed by atoms with van der Waals surface area (Å²) in [5.41, 5.74) is 6.49. The first-order chi connectivity index (χ1) is 4.93. The molecule has 1 heterocycles. The minimum atomic E-state index is -0.666. The van der Waals surface area contributed by atoms with Gasteiger partial charge in [-0.05, 0) is 25.5 Å². The Morgan fingerprint density at radius 2 is 2.27 bits per heavy atom. The van der Waals surface area contributed by atoms with Gasteiger partial charge in [0.25, 0.3) is 0 Å². The van der Waals surface area contributed by atoms with Gasteiger partial charge in [-0.3, -0.25) is 9.79 Å². The average Bonchev–Trinajstić information content (AvgIpc) is 2.08. The van der Waals surface area contributed by atoms with Crippen LogP contribution in [-0.2, 0) is 4.79 Å². The molecule has 0 saturated carbocycles. The lowest BCUT2D eigenvalue weighted by Gasteiger charge is -2.15. The Bertz CT molecular complexity index is 261. The molecule has 3 heteroatoms. The van der Waals surface area contributed by atoms with Crippen LogP contribution < -0.4 is 5.73 Å². The van der Waals surface area contributed by atoms with E-state index in [1.165, 1.54) is 6.92 Å². The Balaban J connectivity index is 3.01. The first-order valence-corrected chi connectivity index (χ1v) is 3.52. The van der Waals surface area contributed by atoms with Crippen molar-refractivity contribution < 1.29 is 4.79 Å². The van der Waals surface area contributed by atoms with E-state index in [0.29, 0.717) is 5.71 Å². The van der Waals surface area contributed by atoms with Crippen LogP contribution in [0, 0.1) is 0 Å². The first kappa shape index (κ1) is 8.14. The molecule has 0 saturated heterocycles. The van der Waals surface area contributed by atoms with Gasteiger partial charge in [0.1, 0.15) is 11.4 Å². The highest BCUT2D eigenvalue weighted by Crippen LogP contribution is 2.20. The van der Waals surface area contributed by atoms with Crippen molar-refractivity contribution in [2.45, 2.75) is 26.4 Å². The number of hydrogen-bond acceptors (Lipinski definition) is 3. The summed E-state index contributed by atoms with van der Waals surface area (Å²) in [4.78, 5) is 14.9. The highest BCUT2D eigenvalue weighted by molar-refractivity contribution is 6.44. The second kappa shape index (κ2) is 2.27. The Labute approximate surface area is 66.0 Å². The number of nitrogens with zero attached hydrogens (tertiary/aromatic N) is 1. The largest absolute Gasteiger partial charge is 0.304 e. The van der Waals surface area contributed by atoms with Crippen LogP contribution in [0.4, 0.5) is 0 Å². The fraction of sp³-hybridized carbons (Fsp3) is 0.500. The Morgan fingerprint density at radius 1 is 1.73 bits per heavy atom.